The van der Waals surface area contributed by atoms with Gasteiger partial charge < -0.3 is 10.4 Å². The summed E-state index contributed by atoms with van der Waals surface area (Å²) in [4.78, 5) is 8.93. The van der Waals surface area contributed by atoms with E-state index in [4.69, 9.17) is 0 Å². The van der Waals surface area contributed by atoms with Crippen LogP contribution in [0.4, 0.5) is 5.82 Å². The summed E-state index contributed by atoms with van der Waals surface area (Å²) >= 11 is 0. The number of nitrogens with zero attached hydrogens (tertiary/aromatic N) is 2. The van der Waals surface area contributed by atoms with E-state index in [9.17, 15) is 5.11 Å². The van der Waals surface area contributed by atoms with E-state index < -0.39 is 0 Å². The van der Waals surface area contributed by atoms with E-state index in [1.54, 1.807) is 18.2 Å². The summed E-state index contributed by atoms with van der Waals surface area (Å²) in [5.41, 5.74) is 1.81. The topological polar surface area (TPSA) is 58.0 Å². The van der Waals surface area contributed by atoms with Crippen LogP contribution in [0.15, 0.2) is 30.3 Å². The minimum Gasteiger partial charge on any atom is -0.508 e. The van der Waals surface area contributed by atoms with Crippen molar-refractivity contribution in [1.82, 2.24) is 9.97 Å². The first-order valence-electron chi connectivity index (χ1n) is 6.14. The van der Waals surface area contributed by atoms with Crippen LogP contribution in [0.1, 0.15) is 19.5 Å². The lowest BCUT2D eigenvalue weighted by molar-refractivity contribution is 0.475. The molecule has 0 saturated heterocycles. The van der Waals surface area contributed by atoms with Crippen LogP contribution in [0.5, 0.6) is 5.75 Å². The van der Waals surface area contributed by atoms with Crippen LogP contribution < -0.4 is 5.32 Å². The number of aryl methyl sites for hydroxylation is 1. The van der Waals surface area contributed by atoms with Gasteiger partial charge in [0.15, 0.2) is 5.82 Å². The number of hydrogen-bond acceptors (Lipinski definition) is 4. The number of rotatable bonds is 4. The lowest BCUT2D eigenvalue weighted by Crippen LogP contribution is -2.03. The van der Waals surface area contributed by atoms with Crippen LogP contribution in [0, 0.1) is 0 Å². The highest BCUT2D eigenvalue weighted by Gasteiger charge is 2.06. The van der Waals surface area contributed by atoms with E-state index in [1.165, 1.54) is 0 Å². The van der Waals surface area contributed by atoms with Crippen molar-refractivity contribution in [3.05, 3.63) is 36.0 Å². The van der Waals surface area contributed by atoms with Crippen LogP contribution in [0.3, 0.4) is 0 Å². The second-order valence-corrected chi connectivity index (χ2v) is 4.00. The zero-order valence-electron chi connectivity index (χ0n) is 10.6. The number of nitrogens with one attached hydrogen (secondary N) is 1. The Hall–Kier alpha value is -2.10. The Labute approximate surface area is 107 Å². The molecule has 0 spiro atoms. The first-order valence-corrected chi connectivity index (χ1v) is 6.14. The van der Waals surface area contributed by atoms with Crippen LogP contribution in [0.25, 0.3) is 11.4 Å². The van der Waals surface area contributed by atoms with E-state index in [0.29, 0.717) is 5.82 Å². The van der Waals surface area contributed by atoms with Crippen LogP contribution >= 0.6 is 0 Å². The third kappa shape index (κ3) is 2.77. The Kier molecular flexibility index (Phi) is 3.77. The first-order chi connectivity index (χ1) is 8.72. The molecule has 1 aromatic heterocycles. The van der Waals surface area contributed by atoms with Crippen LogP contribution in [0.2, 0.25) is 0 Å². The molecule has 0 fully saturated rings. The summed E-state index contributed by atoms with van der Waals surface area (Å²) in [7, 11) is 0. The third-order valence-electron chi connectivity index (χ3n) is 2.60. The van der Waals surface area contributed by atoms with Crippen molar-refractivity contribution >= 4 is 5.82 Å². The summed E-state index contributed by atoms with van der Waals surface area (Å²) < 4.78 is 0. The van der Waals surface area contributed by atoms with Crippen molar-refractivity contribution in [2.24, 2.45) is 0 Å². The van der Waals surface area contributed by atoms with E-state index in [1.807, 2.05) is 19.1 Å². The summed E-state index contributed by atoms with van der Waals surface area (Å²) in [6.45, 7) is 4.91. The average molecular weight is 243 g/mol. The average Bonchev–Trinajstić information content (AvgIpc) is 2.39. The molecule has 0 aliphatic rings. The van der Waals surface area contributed by atoms with Gasteiger partial charge in [0.1, 0.15) is 11.6 Å². The van der Waals surface area contributed by atoms with Gasteiger partial charge in [-0.25, -0.2) is 9.97 Å². The maximum atomic E-state index is 9.50. The number of hydrogen-bond donors (Lipinski definition) is 2. The molecule has 4 heteroatoms. The molecule has 2 rings (SSSR count). The summed E-state index contributed by atoms with van der Waals surface area (Å²) in [5.74, 6) is 1.69. The number of benzene rings is 1. The zero-order valence-corrected chi connectivity index (χ0v) is 10.6. The molecule has 2 N–H and O–H groups in total. The fourth-order valence-corrected chi connectivity index (χ4v) is 1.72. The Morgan fingerprint density at radius 1 is 1.17 bits per heavy atom. The van der Waals surface area contributed by atoms with Crippen LogP contribution in [-0.4, -0.2) is 21.6 Å². The van der Waals surface area contributed by atoms with Gasteiger partial charge >= 0.3 is 0 Å². The largest absolute Gasteiger partial charge is 0.508 e. The second-order valence-electron chi connectivity index (χ2n) is 4.00. The van der Waals surface area contributed by atoms with Crippen molar-refractivity contribution in [3.63, 3.8) is 0 Å². The molecule has 94 valence electrons. The highest BCUT2D eigenvalue weighted by Crippen LogP contribution is 2.21. The van der Waals surface area contributed by atoms with Gasteiger partial charge in [-0.15, -0.1) is 0 Å². The number of aromatic hydroxyl groups is 1. The second kappa shape index (κ2) is 5.49. The van der Waals surface area contributed by atoms with E-state index in [2.05, 4.69) is 22.2 Å². The molecule has 4 nitrogen and oxygen atoms in total. The molecule has 0 amide bonds. The Morgan fingerprint density at radius 2 is 2.00 bits per heavy atom. The monoisotopic (exact) mass is 243 g/mol. The quantitative estimate of drug-likeness (QED) is 0.867. The molecule has 0 saturated carbocycles. The van der Waals surface area contributed by atoms with Gasteiger partial charge in [-0.05, 0) is 25.5 Å². The summed E-state index contributed by atoms with van der Waals surface area (Å²) in [5, 5.41) is 12.7. The summed E-state index contributed by atoms with van der Waals surface area (Å²) in [6.07, 6.45) is 0.854. The van der Waals surface area contributed by atoms with Crippen molar-refractivity contribution in [3.8, 4) is 17.1 Å². The normalized spacial score (nSPS) is 10.3. The Morgan fingerprint density at radius 3 is 2.67 bits per heavy atom. The van der Waals surface area contributed by atoms with Gasteiger partial charge in [-0.1, -0.05) is 19.1 Å². The molecule has 0 aliphatic heterocycles. The van der Waals surface area contributed by atoms with Crippen molar-refractivity contribution in [1.29, 1.82) is 0 Å². The SMILES string of the molecule is CCNc1cc(CC)nc(-c2cccc(O)c2)n1. The highest BCUT2D eigenvalue weighted by atomic mass is 16.3. The number of anilines is 1. The Bertz CT molecular complexity index is 540. The first kappa shape index (κ1) is 12.4. The molecule has 0 radical (unpaired) electrons. The molecule has 18 heavy (non-hydrogen) atoms. The molecule has 1 heterocycles. The van der Waals surface area contributed by atoms with Gasteiger partial charge in [-0.2, -0.15) is 0 Å². The third-order valence-corrected chi connectivity index (χ3v) is 2.60. The van der Waals surface area contributed by atoms with Crippen molar-refractivity contribution in [2.75, 3.05) is 11.9 Å². The molecule has 0 bridgehead atoms. The lowest BCUT2D eigenvalue weighted by atomic mass is 10.2. The van der Waals surface area contributed by atoms with Gasteiger partial charge in [0.2, 0.25) is 0 Å². The molecule has 0 unspecified atom stereocenters. The minimum absolute atomic E-state index is 0.225. The lowest BCUT2D eigenvalue weighted by Gasteiger charge is -2.08. The Balaban J connectivity index is 2.46. The smallest absolute Gasteiger partial charge is 0.161 e. The zero-order chi connectivity index (χ0) is 13.0. The maximum absolute atomic E-state index is 9.50. The van der Waals surface area contributed by atoms with E-state index in [-0.39, 0.29) is 5.75 Å². The van der Waals surface area contributed by atoms with E-state index >= 15 is 0 Å². The molecule has 2 aromatic rings. The van der Waals surface area contributed by atoms with E-state index in [0.717, 1.165) is 30.0 Å². The maximum Gasteiger partial charge on any atom is 0.161 e. The molecule has 0 atom stereocenters. The van der Waals surface area contributed by atoms with Gasteiger partial charge in [0.05, 0.1) is 0 Å². The fraction of sp³-hybridized carbons (Fsp3) is 0.286. The molecular weight excluding hydrogens is 226 g/mol. The number of aromatic nitrogens is 2. The predicted octanol–water partition coefficient (Wildman–Crippen LogP) is 2.84. The van der Waals surface area contributed by atoms with Crippen molar-refractivity contribution < 1.29 is 5.11 Å². The highest BCUT2D eigenvalue weighted by molar-refractivity contribution is 5.59. The summed E-state index contributed by atoms with van der Waals surface area (Å²) in [6, 6.07) is 8.95. The van der Waals surface area contributed by atoms with Gasteiger partial charge in [0.25, 0.3) is 0 Å². The predicted molar refractivity (Wildman–Crippen MR) is 72.7 cm³/mol. The fourth-order valence-electron chi connectivity index (χ4n) is 1.72. The molecular formula is C14H17N3O. The molecule has 0 aliphatic carbocycles. The van der Waals surface area contributed by atoms with Gasteiger partial charge in [-0.3, -0.25) is 0 Å². The minimum atomic E-state index is 0.225. The standard InChI is InChI=1S/C14H17N3O/c1-3-11-9-13(15-4-2)17-14(16-11)10-6-5-7-12(18)8-10/h5-9,18H,3-4H2,1-2H3,(H,15,16,17). The number of phenols is 1. The molecule has 1 aromatic carbocycles. The van der Waals surface area contributed by atoms with Gasteiger partial charge in [0, 0.05) is 23.9 Å². The number of phenolic OH excluding ortho intramolecular Hbond substituents is 1. The van der Waals surface area contributed by atoms with Crippen LogP contribution in [-0.2, 0) is 6.42 Å². The van der Waals surface area contributed by atoms with Crippen molar-refractivity contribution in [2.45, 2.75) is 20.3 Å².